The number of carbonyl (C=O) groups excluding carboxylic acids is 1. The Bertz CT molecular complexity index is 700. The number of ether oxygens (including phenoxy) is 1. The number of aliphatic hydroxyl groups excluding tert-OH is 1. The van der Waals surface area contributed by atoms with E-state index in [0.717, 1.165) is 22.4 Å². The molecule has 0 amide bonds. The Morgan fingerprint density at radius 1 is 1.25 bits per heavy atom. The van der Waals surface area contributed by atoms with Gasteiger partial charge in [0.15, 0.2) is 6.10 Å². The van der Waals surface area contributed by atoms with Gasteiger partial charge in [-0.05, 0) is 42.2 Å². The summed E-state index contributed by atoms with van der Waals surface area (Å²) in [6.45, 7) is 4.06. The van der Waals surface area contributed by atoms with Crippen molar-refractivity contribution >= 4 is 23.4 Å². The molecule has 2 aromatic rings. The number of rotatable bonds is 6. The van der Waals surface area contributed by atoms with Crippen molar-refractivity contribution in [3.8, 4) is 0 Å². The van der Waals surface area contributed by atoms with Crippen LogP contribution in [0.3, 0.4) is 0 Å². The van der Waals surface area contributed by atoms with Crippen LogP contribution < -0.4 is 5.73 Å². The number of anilines is 1. The highest BCUT2D eigenvalue weighted by atomic mass is 32.2. The lowest BCUT2D eigenvalue weighted by Gasteiger charge is -2.22. The average Bonchev–Trinajstić information content (AvgIpc) is 2.61. The highest BCUT2D eigenvalue weighted by Crippen LogP contribution is 2.41. The molecule has 0 aromatic heterocycles. The number of nitrogens with two attached hydrogens (primary N) is 1. The third-order valence-corrected chi connectivity index (χ3v) is 5.26. The normalized spacial score (nSPS) is 13.3. The molecule has 3 N–H and O–H groups in total. The van der Waals surface area contributed by atoms with Gasteiger partial charge in [0.05, 0.1) is 12.4 Å². The van der Waals surface area contributed by atoms with Crippen LogP contribution >= 0.6 is 11.8 Å². The van der Waals surface area contributed by atoms with Gasteiger partial charge in [0, 0.05) is 10.6 Å². The Kier molecular flexibility index (Phi) is 6.29. The molecule has 0 bridgehead atoms. The molecule has 0 heterocycles. The molecule has 0 fully saturated rings. The van der Waals surface area contributed by atoms with Crippen molar-refractivity contribution in [3.63, 3.8) is 0 Å². The van der Waals surface area contributed by atoms with Crippen LogP contribution in [0.5, 0.6) is 0 Å². The molecule has 128 valence electrons. The molecule has 2 rings (SSSR count). The second-order valence-electron chi connectivity index (χ2n) is 5.64. The van der Waals surface area contributed by atoms with Crippen LogP contribution in [0.4, 0.5) is 5.69 Å². The molecule has 2 aromatic carbocycles. The molecule has 4 nitrogen and oxygen atoms in total. The monoisotopic (exact) mass is 345 g/mol. The topological polar surface area (TPSA) is 72.5 Å². The number of nitrogen functional groups attached to an aromatic ring is 1. The minimum Gasteiger partial charge on any atom is -0.467 e. The van der Waals surface area contributed by atoms with Gasteiger partial charge >= 0.3 is 5.97 Å². The summed E-state index contributed by atoms with van der Waals surface area (Å²) in [5.41, 5.74) is 9.80. The highest BCUT2D eigenvalue weighted by Gasteiger charge is 2.30. The molecule has 5 heteroatoms. The molecule has 0 radical (unpaired) electrons. The van der Waals surface area contributed by atoms with E-state index in [1.54, 1.807) is 0 Å². The van der Waals surface area contributed by atoms with Gasteiger partial charge in [-0.25, -0.2) is 4.79 Å². The van der Waals surface area contributed by atoms with E-state index < -0.39 is 17.3 Å². The lowest BCUT2D eigenvalue weighted by molar-refractivity contribution is -0.150. The van der Waals surface area contributed by atoms with Crippen LogP contribution in [0, 0.1) is 6.92 Å². The van der Waals surface area contributed by atoms with Gasteiger partial charge in [-0.15, -0.1) is 11.8 Å². The van der Waals surface area contributed by atoms with Crippen molar-refractivity contribution in [1.82, 2.24) is 0 Å². The van der Waals surface area contributed by atoms with Crippen molar-refractivity contribution in [3.05, 3.63) is 59.2 Å². The summed E-state index contributed by atoms with van der Waals surface area (Å²) in [5.74, 6) is -0.654. The quantitative estimate of drug-likeness (QED) is 0.476. The van der Waals surface area contributed by atoms with Crippen molar-refractivity contribution in [2.75, 3.05) is 12.8 Å². The van der Waals surface area contributed by atoms with Gasteiger partial charge in [0.2, 0.25) is 0 Å². The van der Waals surface area contributed by atoms with Crippen LogP contribution in [-0.2, 0) is 16.0 Å². The first kappa shape index (κ1) is 18.4. The number of hydrogen-bond donors (Lipinski definition) is 2. The van der Waals surface area contributed by atoms with Crippen molar-refractivity contribution in [2.24, 2.45) is 0 Å². The lowest BCUT2D eigenvalue weighted by atomic mass is 10.0. The Labute approximate surface area is 147 Å². The van der Waals surface area contributed by atoms with Gasteiger partial charge in [-0.2, -0.15) is 0 Å². The van der Waals surface area contributed by atoms with E-state index >= 15 is 0 Å². The molecule has 0 aliphatic heterocycles. The number of carbonyl (C=O) groups is 1. The van der Waals surface area contributed by atoms with Gasteiger partial charge in [0.25, 0.3) is 0 Å². The fourth-order valence-corrected chi connectivity index (χ4v) is 3.65. The summed E-state index contributed by atoms with van der Waals surface area (Å²) in [7, 11) is 1.27. The minimum atomic E-state index is -1.27. The molecule has 0 spiro atoms. The van der Waals surface area contributed by atoms with Gasteiger partial charge in [-0.3, -0.25) is 0 Å². The first-order valence-electron chi connectivity index (χ1n) is 7.83. The zero-order chi connectivity index (χ0) is 17.7. The molecule has 0 aliphatic rings. The standard InChI is InChI=1S/C19H23NO3S/c1-4-13-6-8-14(9-7-13)18(17(21)19(22)23-3)24-16-11-12(2)5-10-15(16)20/h5-11,17-18,21H,4,20H2,1-3H3/t17-,18+/m0/s1. The Balaban J connectivity index is 2.38. The molecular weight excluding hydrogens is 322 g/mol. The average molecular weight is 345 g/mol. The van der Waals surface area contributed by atoms with Crippen LogP contribution in [0.2, 0.25) is 0 Å². The molecule has 24 heavy (non-hydrogen) atoms. The van der Waals surface area contributed by atoms with E-state index in [2.05, 4.69) is 6.92 Å². The number of benzene rings is 2. The molecular formula is C19H23NO3S. The van der Waals surface area contributed by atoms with E-state index in [-0.39, 0.29) is 0 Å². The van der Waals surface area contributed by atoms with Crippen LogP contribution in [0.25, 0.3) is 0 Å². The smallest absolute Gasteiger partial charge is 0.336 e. The Morgan fingerprint density at radius 2 is 1.92 bits per heavy atom. The fourth-order valence-electron chi connectivity index (χ4n) is 2.38. The first-order valence-corrected chi connectivity index (χ1v) is 8.71. The van der Waals surface area contributed by atoms with E-state index in [1.807, 2.05) is 49.4 Å². The second kappa shape index (κ2) is 8.22. The zero-order valence-electron chi connectivity index (χ0n) is 14.2. The molecule has 0 saturated carbocycles. The van der Waals surface area contributed by atoms with E-state index in [9.17, 15) is 9.90 Å². The molecule has 0 aliphatic carbocycles. The van der Waals surface area contributed by atoms with Crippen LogP contribution in [0.1, 0.15) is 28.9 Å². The fraction of sp³-hybridized carbons (Fsp3) is 0.316. The molecule has 0 unspecified atom stereocenters. The third kappa shape index (κ3) is 4.30. The summed E-state index contributed by atoms with van der Waals surface area (Å²) in [5, 5.41) is 9.95. The molecule has 0 saturated heterocycles. The van der Waals surface area contributed by atoms with Gasteiger partial charge in [-0.1, -0.05) is 37.3 Å². The number of hydrogen-bond acceptors (Lipinski definition) is 5. The maximum absolute atomic E-state index is 11.9. The summed E-state index contributed by atoms with van der Waals surface area (Å²) < 4.78 is 4.72. The lowest BCUT2D eigenvalue weighted by Crippen LogP contribution is -2.27. The zero-order valence-corrected chi connectivity index (χ0v) is 15.0. The largest absolute Gasteiger partial charge is 0.467 e. The number of aliphatic hydroxyl groups is 1. The summed E-state index contributed by atoms with van der Waals surface area (Å²) >= 11 is 1.37. The van der Waals surface area contributed by atoms with Gasteiger partial charge in [0.1, 0.15) is 0 Å². The van der Waals surface area contributed by atoms with Crippen LogP contribution in [-0.4, -0.2) is 24.3 Å². The van der Waals surface area contributed by atoms with Crippen LogP contribution in [0.15, 0.2) is 47.4 Å². The Morgan fingerprint density at radius 3 is 2.50 bits per heavy atom. The third-order valence-electron chi connectivity index (χ3n) is 3.87. The maximum Gasteiger partial charge on any atom is 0.336 e. The van der Waals surface area contributed by atoms with E-state index in [1.165, 1.54) is 24.4 Å². The van der Waals surface area contributed by atoms with Gasteiger partial charge < -0.3 is 15.6 Å². The number of thioether (sulfide) groups is 1. The van der Waals surface area contributed by atoms with Crippen molar-refractivity contribution < 1.29 is 14.6 Å². The highest BCUT2D eigenvalue weighted by molar-refractivity contribution is 7.99. The number of esters is 1. The minimum absolute atomic E-state index is 0.493. The summed E-state index contributed by atoms with van der Waals surface area (Å²) in [6, 6.07) is 13.6. The van der Waals surface area contributed by atoms with E-state index in [0.29, 0.717) is 5.69 Å². The SMILES string of the molecule is CCc1ccc([C@@H](Sc2cc(C)ccc2N)[C@H](O)C(=O)OC)cc1. The summed E-state index contributed by atoms with van der Waals surface area (Å²) in [4.78, 5) is 12.7. The number of aryl methyl sites for hydroxylation is 2. The Hall–Kier alpha value is -1.98. The predicted molar refractivity (Wildman–Crippen MR) is 98.0 cm³/mol. The number of methoxy groups -OCH3 is 1. The first-order chi connectivity index (χ1) is 11.5. The van der Waals surface area contributed by atoms with E-state index in [4.69, 9.17) is 10.5 Å². The molecule has 2 atom stereocenters. The summed E-state index contributed by atoms with van der Waals surface area (Å²) in [6.07, 6.45) is -0.338. The maximum atomic E-state index is 11.9. The van der Waals surface area contributed by atoms with Crippen molar-refractivity contribution in [1.29, 1.82) is 0 Å². The van der Waals surface area contributed by atoms with Crippen molar-refractivity contribution in [2.45, 2.75) is 36.5 Å². The second-order valence-corrected chi connectivity index (χ2v) is 6.83. The predicted octanol–water partition coefficient (Wildman–Crippen LogP) is 3.51.